The standard InChI is InChI=1S/C14H18O2/c1-4-7-11(8-5-2)12-9-6-10-13(16-3)14(12)15/h1,6,9-11,15H,5,7-8H2,2-3H3. The van der Waals surface area contributed by atoms with Crippen LogP contribution in [0.2, 0.25) is 0 Å². The fourth-order valence-corrected chi connectivity index (χ4v) is 1.89. The molecule has 0 aromatic heterocycles. The van der Waals surface area contributed by atoms with E-state index in [9.17, 15) is 5.11 Å². The van der Waals surface area contributed by atoms with E-state index >= 15 is 0 Å². The molecular weight excluding hydrogens is 200 g/mol. The molecule has 2 nitrogen and oxygen atoms in total. The summed E-state index contributed by atoms with van der Waals surface area (Å²) in [6, 6.07) is 5.54. The van der Waals surface area contributed by atoms with Crippen LogP contribution in [0.25, 0.3) is 0 Å². The zero-order valence-electron chi connectivity index (χ0n) is 9.86. The Morgan fingerprint density at radius 3 is 2.81 bits per heavy atom. The highest BCUT2D eigenvalue weighted by atomic mass is 16.5. The first-order valence-corrected chi connectivity index (χ1v) is 5.53. The third-order valence-corrected chi connectivity index (χ3v) is 2.69. The van der Waals surface area contributed by atoms with E-state index in [4.69, 9.17) is 11.2 Å². The predicted molar refractivity (Wildman–Crippen MR) is 65.8 cm³/mol. The fourth-order valence-electron chi connectivity index (χ4n) is 1.89. The molecule has 0 radical (unpaired) electrons. The Morgan fingerprint density at radius 2 is 2.25 bits per heavy atom. The lowest BCUT2D eigenvalue weighted by Crippen LogP contribution is -1.99. The van der Waals surface area contributed by atoms with E-state index in [-0.39, 0.29) is 11.7 Å². The van der Waals surface area contributed by atoms with Crippen molar-refractivity contribution in [3.05, 3.63) is 23.8 Å². The molecule has 1 rings (SSSR count). The van der Waals surface area contributed by atoms with Gasteiger partial charge < -0.3 is 9.84 Å². The third-order valence-electron chi connectivity index (χ3n) is 2.69. The first-order chi connectivity index (χ1) is 7.74. The van der Waals surface area contributed by atoms with Gasteiger partial charge in [0.15, 0.2) is 11.5 Å². The fraction of sp³-hybridized carbons (Fsp3) is 0.429. The molecule has 1 unspecified atom stereocenters. The second kappa shape index (κ2) is 6.07. The summed E-state index contributed by atoms with van der Waals surface area (Å²) in [5.74, 6) is 3.61. The largest absolute Gasteiger partial charge is 0.504 e. The molecule has 0 fully saturated rings. The molecule has 16 heavy (non-hydrogen) atoms. The van der Waals surface area contributed by atoms with Gasteiger partial charge in [-0.3, -0.25) is 0 Å². The van der Waals surface area contributed by atoms with Crippen molar-refractivity contribution in [2.45, 2.75) is 32.1 Å². The Hall–Kier alpha value is -1.62. The zero-order valence-corrected chi connectivity index (χ0v) is 9.86. The lowest BCUT2D eigenvalue weighted by molar-refractivity contribution is 0.367. The average Bonchev–Trinajstić information content (AvgIpc) is 2.29. The Bertz CT molecular complexity index is 377. The molecule has 0 aliphatic carbocycles. The molecule has 0 spiro atoms. The third kappa shape index (κ3) is 2.70. The van der Waals surface area contributed by atoms with Crippen LogP contribution < -0.4 is 4.74 Å². The van der Waals surface area contributed by atoms with Crippen molar-refractivity contribution in [2.75, 3.05) is 7.11 Å². The number of phenols is 1. The molecule has 2 heteroatoms. The van der Waals surface area contributed by atoms with Gasteiger partial charge in [0, 0.05) is 12.0 Å². The first-order valence-electron chi connectivity index (χ1n) is 5.53. The van der Waals surface area contributed by atoms with E-state index in [1.165, 1.54) is 0 Å². The van der Waals surface area contributed by atoms with Crippen LogP contribution in [0.4, 0.5) is 0 Å². The van der Waals surface area contributed by atoms with Crippen LogP contribution in [0, 0.1) is 12.3 Å². The van der Waals surface area contributed by atoms with E-state index in [0.29, 0.717) is 12.2 Å². The lowest BCUT2D eigenvalue weighted by atomic mass is 9.91. The van der Waals surface area contributed by atoms with Crippen LogP contribution in [0.15, 0.2) is 18.2 Å². The van der Waals surface area contributed by atoms with Crippen LogP contribution >= 0.6 is 0 Å². The van der Waals surface area contributed by atoms with Gasteiger partial charge in [0.1, 0.15) is 0 Å². The Labute approximate surface area is 97.3 Å². The quantitative estimate of drug-likeness (QED) is 0.768. The first kappa shape index (κ1) is 12.4. The molecule has 0 amide bonds. The zero-order chi connectivity index (χ0) is 12.0. The predicted octanol–water partition coefficient (Wildman–Crippen LogP) is 3.31. The van der Waals surface area contributed by atoms with Gasteiger partial charge in [-0.05, 0) is 18.4 Å². The smallest absolute Gasteiger partial charge is 0.161 e. The minimum Gasteiger partial charge on any atom is -0.504 e. The summed E-state index contributed by atoms with van der Waals surface area (Å²) in [6.07, 6.45) is 8.02. The highest BCUT2D eigenvalue weighted by Gasteiger charge is 2.16. The maximum Gasteiger partial charge on any atom is 0.161 e. The van der Waals surface area contributed by atoms with Crippen molar-refractivity contribution in [3.8, 4) is 23.8 Å². The van der Waals surface area contributed by atoms with Gasteiger partial charge in [0.25, 0.3) is 0 Å². The van der Waals surface area contributed by atoms with Gasteiger partial charge in [-0.2, -0.15) is 0 Å². The van der Waals surface area contributed by atoms with Crippen LogP contribution in [0.5, 0.6) is 11.5 Å². The number of para-hydroxylation sites is 1. The number of methoxy groups -OCH3 is 1. The summed E-state index contributed by atoms with van der Waals surface area (Å²) in [7, 11) is 1.55. The molecule has 0 saturated carbocycles. The van der Waals surface area contributed by atoms with E-state index in [1.54, 1.807) is 13.2 Å². The average molecular weight is 218 g/mol. The van der Waals surface area contributed by atoms with Crippen LogP contribution in [0.1, 0.15) is 37.7 Å². The highest BCUT2D eigenvalue weighted by molar-refractivity contribution is 5.47. The van der Waals surface area contributed by atoms with E-state index in [1.807, 2.05) is 12.1 Å². The molecule has 0 aliphatic rings. The molecule has 1 atom stereocenters. The minimum atomic E-state index is 0.213. The van der Waals surface area contributed by atoms with Crippen LogP contribution in [0.3, 0.4) is 0 Å². The van der Waals surface area contributed by atoms with E-state index in [2.05, 4.69) is 12.8 Å². The Morgan fingerprint density at radius 1 is 1.50 bits per heavy atom. The molecule has 1 aromatic carbocycles. The molecule has 0 saturated heterocycles. The summed E-state index contributed by atoms with van der Waals surface area (Å²) in [5.41, 5.74) is 0.888. The lowest BCUT2D eigenvalue weighted by Gasteiger charge is -2.16. The highest BCUT2D eigenvalue weighted by Crippen LogP contribution is 2.37. The number of benzene rings is 1. The van der Waals surface area contributed by atoms with Crippen LogP contribution in [-0.2, 0) is 0 Å². The number of phenolic OH excluding ortho intramolecular Hbond substituents is 1. The van der Waals surface area contributed by atoms with Gasteiger partial charge >= 0.3 is 0 Å². The molecule has 0 aliphatic heterocycles. The van der Waals surface area contributed by atoms with Crippen molar-refractivity contribution in [2.24, 2.45) is 0 Å². The maximum atomic E-state index is 10.0. The molecule has 0 heterocycles. The van der Waals surface area contributed by atoms with Crippen molar-refractivity contribution in [3.63, 3.8) is 0 Å². The normalized spacial score (nSPS) is 11.8. The Balaban J connectivity index is 3.04. The van der Waals surface area contributed by atoms with Gasteiger partial charge in [0.05, 0.1) is 7.11 Å². The van der Waals surface area contributed by atoms with Crippen molar-refractivity contribution >= 4 is 0 Å². The number of hydrogen-bond acceptors (Lipinski definition) is 2. The Kier molecular flexibility index (Phi) is 4.72. The number of hydrogen-bond donors (Lipinski definition) is 1. The number of ether oxygens (including phenoxy) is 1. The summed E-state index contributed by atoms with van der Waals surface area (Å²) in [5, 5.41) is 10.0. The summed E-state index contributed by atoms with van der Waals surface area (Å²) in [6.45, 7) is 2.11. The topological polar surface area (TPSA) is 29.5 Å². The molecule has 1 N–H and O–H groups in total. The van der Waals surface area contributed by atoms with Crippen LogP contribution in [-0.4, -0.2) is 12.2 Å². The monoisotopic (exact) mass is 218 g/mol. The SMILES string of the molecule is C#CCC(CCC)c1cccc(OC)c1O. The van der Waals surface area contributed by atoms with Crippen molar-refractivity contribution < 1.29 is 9.84 Å². The number of terminal acetylenes is 1. The summed E-state index contributed by atoms with van der Waals surface area (Å²) in [4.78, 5) is 0. The van der Waals surface area contributed by atoms with Crippen molar-refractivity contribution in [1.82, 2.24) is 0 Å². The second-order valence-corrected chi connectivity index (χ2v) is 3.79. The van der Waals surface area contributed by atoms with Gasteiger partial charge in [-0.15, -0.1) is 12.3 Å². The molecular formula is C14H18O2. The van der Waals surface area contributed by atoms with Gasteiger partial charge in [-0.25, -0.2) is 0 Å². The minimum absolute atomic E-state index is 0.213. The number of aromatic hydroxyl groups is 1. The van der Waals surface area contributed by atoms with Crippen molar-refractivity contribution in [1.29, 1.82) is 0 Å². The van der Waals surface area contributed by atoms with E-state index < -0.39 is 0 Å². The van der Waals surface area contributed by atoms with Gasteiger partial charge in [-0.1, -0.05) is 25.5 Å². The molecule has 0 bridgehead atoms. The maximum absolute atomic E-state index is 10.0. The van der Waals surface area contributed by atoms with Gasteiger partial charge in [0.2, 0.25) is 0 Å². The summed E-state index contributed by atoms with van der Waals surface area (Å²) >= 11 is 0. The van der Waals surface area contributed by atoms with E-state index in [0.717, 1.165) is 18.4 Å². The summed E-state index contributed by atoms with van der Waals surface area (Å²) < 4.78 is 5.09. The molecule has 1 aromatic rings. The molecule has 86 valence electrons. The number of rotatable bonds is 5. The second-order valence-electron chi connectivity index (χ2n) is 3.79.